The van der Waals surface area contributed by atoms with Crippen molar-refractivity contribution in [1.82, 2.24) is 5.32 Å². The quantitative estimate of drug-likeness (QED) is 0.778. The van der Waals surface area contributed by atoms with Gasteiger partial charge in [-0.2, -0.15) is 0 Å². The number of aliphatic hydroxyl groups is 1. The van der Waals surface area contributed by atoms with Crippen molar-refractivity contribution < 1.29 is 19.1 Å². The molecule has 0 spiro atoms. The molecule has 0 saturated heterocycles. The lowest BCUT2D eigenvalue weighted by Gasteiger charge is -2.18. The highest BCUT2D eigenvalue weighted by atomic mass is 19.1. The summed E-state index contributed by atoms with van der Waals surface area (Å²) in [4.78, 5) is 23.6. The van der Waals surface area contributed by atoms with Gasteiger partial charge in [0.2, 0.25) is 5.91 Å². The summed E-state index contributed by atoms with van der Waals surface area (Å²) in [6, 6.07) is 12.1. The van der Waals surface area contributed by atoms with Crippen LogP contribution in [-0.4, -0.2) is 29.6 Å². The Morgan fingerprint density at radius 3 is 2.76 bits per heavy atom. The molecule has 1 aliphatic heterocycles. The molecule has 2 amide bonds. The Hall–Kier alpha value is -2.73. The summed E-state index contributed by atoms with van der Waals surface area (Å²) in [7, 11) is 0. The first kappa shape index (κ1) is 17.1. The van der Waals surface area contributed by atoms with Crippen LogP contribution >= 0.6 is 0 Å². The third kappa shape index (κ3) is 4.22. The normalized spacial score (nSPS) is 14.4. The van der Waals surface area contributed by atoms with Gasteiger partial charge < -0.3 is 15.7 Å². The van der Waals surface area contributed by atoms with E-state index < -0.39 is 17.8 Å². The van der Waals surface area contributed by atoms with Crippen LogP contribution in [0.25, 0.3) is 0 Å². The molecule has 0 saturated carbocycles. The minimum atomic E-state index is -0.758. The van der Waals surface area contributed by atoms with Gasteiger partial charge in [-0.1, -0.05) is 30.3 Å². The van der Waals surface area contributed by atoms with E-state index >= 15 is 0 Å². The van der Waals surface area contributed by atoms with Gasteiger partial charge in [0.25, 0.3) is 5.91 Å². The number of amides is 2. The Balaban J connectivity index is 1.62. The maximum Gasteiger partial charge on any atom is 0.254 e. The van der Waals surface area contributed by atoms with E-state index in [1.165, 1.54) is 12.1 Å². The zero-order valence-corrected chi connectivity index (χ0v) is 13.6. The Kier molecular flexibility index (Phi) is 5.09. The fourth-order valence-corrected chi connectivity index (χ4v) is 2.84. The second-order valence-corrected chi connectivity index (χ2v) is 6.09. The summed E-state index contributed by atoms with van der Waals surface area (Å²) in [6.45, 7) is 0.0288. The molecule has 0 fully saturated rings. The summed E-state index contributed by atoms with van der Waals surface area (Å²) >= 11 is 0. The molecule has 2 aromatic rings. The largest absolute Gasteiger partial charge is 0.391 e. The van der Waals surface area contributed by atoms with E-state index in [1.54, 1.807) is 0 Å². The fourth-order valence-electron chi connectivity index (χ4n) is 2.84. The van der Waals surface area contributed by atoms with Crippen LogP contribution in [0.3, 0.4) is 0 Å². The van der Waals surface area contributed by atoms with E-state index in [0.717, 1.165) is 11.1 Å². The number of benzene rings is 2. The predicted molar refractivity (Wildman–Crippen MR) is 91.8 cm³/mol. The number of nitrogens with one attached hydrogen (secondary N) is 2. The Labute approximate surface area is 144 Å². The molecule has 1 heterocycles. The van der Waals surface area contributed by atoms with Gasteiger partial charge >= 0.3 is 0 Å². The van der Waals surface area contributed by atoms with Crippen molar-refractivity contribution in [3.05, 3.63) is 65.0 Å². The average Bonchev–Trinajstić information content (AvgIpc) is 2.60. The maximum absolute atomic E-state index is 14.2. The molecule has 0 aliphatic carbocycles. The van der Waals surface area contributed by atoms with Gasteiger partial charge in [0.05, 0.1) is 11.7 Å². The zero-order chi connectivity index (χ0) is 17.8. The molecule has 2 aromatic carbocycles. The van der Waals surface area contributed by atoms with Crippen LogP contribution in [0, 0.1) is 5.82 Å². The lowest BCUT2D eigenvalue weighted by molar-refractivity contribution is -0.116. The van der Waals surface area contributed by atoms with Crippen LogP contribution in [0.4, 0.5) is 10.1 Å². The third-order valence-electron chi connectivity index (χ3n) is 4.15. The molecule has 3 N–H and O–H groups in total. The average molecular weight is 342 g/mol. The predicted octanol–water partition coefficient (Wildman–Crippen LogP) is 2.04. The van der Waals surface area contributed by atoms with Crippen molar-refractivity contribution >= 4 is 17.5 Å². The molecule has 5 nitrogen and oxygen atoms in total. The van der Waals surface area contributed by atoms with Crippen molar-refractivity contribution in [3.8, 4) is 0 Å². The molecule has 0 bridgehead atoms. The van der Waals surface area contributed by atoms with Crippen LogP contribution in [0.2, 0.25) is 0 Å². The number of fused-ring (bicyclic) bond motifs is 1. The number of aliphatic hydroxyl groups excluding tert-OH is 1. The fraction of sp³-hybridized carbons (Fsp3) is 0.263. The van der Waals surface area contributed by atoms with E-state index in [0.29, 0.717) is 24.9 Å². The lowest BCUT2D eigenvalue weighted by atomic mass is 9.99. The number of anilines is 1. The van der Waals surface area contributed by atoms with Crippen LogP contribution in [-0.2, 0) is 17.6 Å². The molecule has 1 unspecified atom stereocenters. The summed E-state index contributed by atoms with van der Waals surface area (Å²) in [5, 5.41) is 15.2. The summed E-state index contributed by atoms with van der Waals surface area (Å²) in [5.41, 5.74) is 2.02. The monoisotopic (exact) mass is 342 g/mol. The van der Waals surface area contributed by atoms with Gasteiger partial charge in [0, 0.05) is 25.1 Å². The Morgan fingerprint density at radius 1 is 1.24 bits per heavy atom. The molecule has 130 valence electrons. The smallest absolute Gasteiger partial charge is 0.254 e. The van der Waals surface area contributed by atoms with Crippen molar-refractivity contribution in [2.24, 2.45) is 0 Å². The van der Waals surface area contributed by atoms with Gasteiger partial charge in [0.1, 0.15) is 5.82 Å². The number of aryl methyl sites for hydroxylation is 1. The number of hydrogen-bond acceptors (Lipinski definition) is 3. The Morgan fingerprint density at radius 2 is 2.00 bits per heavy atom. The molecule has 0 radical (unpaired) electrons. The highest BCUT2D eigenvalue weighted by Crippen LogP contribution is 2.25. The van der Waals surface area contributed by atoms with Crippen LogP contribution < -0.4 is 10.6 Å². The highest BCUT2D eigenvalue weighted by Gasteiger charge is 2.21. The summed E-state index contributed by atoms with van der Waals surface area (Å²) in [6.07, 6.45) is 0.430. The van der Waals surface area contributed by atoms with Gasteiger partial charge in [-0.3, -0.25) is 9.59 Å². The molecule has 25 heavy (non-hydrogen) atoms. The first-order valence-electron chi connectivity index (χ1n) is 8.15. The first-order valence-corrected chi connectivity index (χ1v) is 8.15. The standard InChI is InChI=1S/C19H19FN2O3/c20-16-10-17-13(6-7-18(24)22-17)9-15(16)19(25)21-11-14(23)8-12-4-2-1-3-5-12/h1-5,9-10,14,23H,6-8,11H2,(H,21,25)(H,22,24). The van der Waals surface area contributed by atoms with Crippen LogP contribution in [0.5, 0.6) is 0 Å². The van der Waals surface area contributed by atoms with Crippen molar-refractivity contribution in [3.63, 3.8) is 0 Å². The molecular weight excluding hydrogens is 323 g/mol. The van der Waals surface area contributed by atoms with Gasteiger partial charge in [-0.05, 0) is 29.7 Å². The molecule has 1 atom stereocenters. The molecule has 6 heteroatoms. The topological polar surface area (TPSA) is 78.4 Å². The van der Waals surface area contributed by atoms with Gasteiger partial charge in [-0.25, -0.2) is 4.39 Å². The number of carbonyl (C=O) groups is 2. The summed E-state index contributed by atoms with van der Waals surface area (Å²) < 4.78 is 14.2. The summed E-state index contributed by atoms with van der Waals surface area (Å²) in [5.74, 6) is -1.44. The molecule has 1 aliphatic rings. The van der Waals surface area contributed by atoms with E-state index in [9.17, 15) is 19.1 Å². The van der Waals surface area contributed by atoms with Crippen molar-refractivity contribution in [1.29, 1.82) is 0 Å². The minimum absolute atomic E-state index is 0.0288. The van der Waals surface area contributed by atoms with E-state index in [2.05, 4.69) is 10.6 Å². The highest BCUT2D eigenvalue weighted by molar-refractivity contribution is 5.98. The second-order valence-electron chi connectivity index (χ2n) is 6.09. The maximum atomic E-state index is 14.2. The first-order chi connectivity index (χ1) is 12.0. The number of halogens is 1. The SMILES string of the molecule is O=C1CCc2cc(C(=O)NCC(O)Cc3ccccc3)c(F)cc2N1. The Bertz CT molecular complexity index is 793. The molecule has 3 rings (SSSR count). The zero-order valence-electron chi connectivity index (χ0n) is 13.6. The van der Waals surface area contributed by atoms with Gasteiger partial charge in [-0.15, -0.1) is 0 Å². The molecule has 0 aromatic heterocycles. The molecular formula is C19H19FN2O3. The van der Waals surface area contributed by atoms with E-state index in [-0.39, 0.29) is 18.0 Å². The van der Waals surface area contributed by atoms with Gasteiger partial charge in [0.15, 0.2) is 0 Å². The number of rotatable bonds is 5. The van der Waals surface area contributed by atoms with Crippen LogP contribution in [0.15, 0.2) is 42.5 Å². The van der Waals surface area contributed by atoms with Crippen molar-refractivity contribution in [2.75, 3.05) is 11.9 Å². The van der Waals surface area contributed by atoms with Crippen LogP contribution in [0.1, 0.15) is 27.9 Å². The third-order valence-corrected chi connectivity index (χ3v) is 4.15. The number of carbonyl (C=O) groups excluding carboxylic acids is 2. The minimum Gasteiger partial charge on any atom is -0.391 e. The number of hydrogen-bond donors (Lipinski definition) is 3. The van der Waals surface area contributed by atoms with E-state index in [1.807, 2.05) is 30.3 Å². The van der Waals surface area contributed by atoms with E-state index in [4.69, 9.17) is 0 Å². The second kappa shape index (κ2) is 7.44. The lowest BCUT2D eigenvalue weighted by Crippen LogP contribution is -2.34. The van der Waals surface area contributed by atoms with Crippen molar-refractivity contribution in [2.45, 2.75) is 25.4 Å².